The molecule has 0 spiro atoms. The number of benzene rings is 3. The predicted octanol–water partition coefficient (Wildman–Crippen LogP) is 7.37. The van der Waals surface area contributed by atoms with Gasteiger partial charge in [0, 0.05) is 8.95 Å². The third-order valence-corrected chi connectivity index (χ3v) is 5.71. The van der Waals surface area contributed by atoms with Gasteiger partial charge in [0.15, 0.2) is 0 Å². The molecule has 0 bridgehead atoms. The smallest absolute Gasteiger partial charge is 0.258 e. The Morgan fingerprint density at radius 3 is 1.33 bits per heavy atom. The summed E-state index contributed by atoms with van der Waals surface area (Å²) < 4.78 is 1.67. The standard InChI is InChI=1S/C22H14Br2N2O4/c23-19-7-3-1-5-15(19)9-11-17-13-18(12-10-16-6-2-4-8-20(16)24)22(26(29)30)14-21(17)25(27)28/h1-14H/b11-9-,12-10+. The molecule has 0 aliphatic rings. The fourth-order valence-electron chi connectivity index (χ4n) is 2.77. The highest BCUT2D eigenvalue weighted by atomic mass is 79.9. The number of hydrogen-bond acceptors (Lipinski definition) is 4. The summed E-state index contributed by atoms with van der Waals surface area (Å²) in [4.78, 5) is 21.8. The van der Waals surface area contributed by atoms with Gasteiger partial charge in [0.05, 0.1) is 27.0 Å². The fourth-order valence-corrected chi connectivity index (χ4v) is 3.61. The average Bonchev–Trinajstić information content (AvgIpc) is 2.72. The van der Waals surface area contributed by atoms with E-state index in [2.05, 4.69) is 31.9 Å². The van der Waals surface area contributed by atoms with Crippen molar-refractivity contribution in [1.82, 2.24) is 0 Å². The third kappa shape index (κ3) is 5.08. The summed E-state index contributed by atoms with van der Waals surface area (Å²) in [7, 11) is 0. The van der Waals surface area contributed by atoms with Gasteiger partial charge in [0.2, 0.25) is 0 Å². The Kier molecular flexibility index (Phi) is 6.91. The molecule has 0 amide bonds. The van der Waals surface area contributed by atoms with E-state index < -0.39 is 9.85 Å². The first kappa shape index (κ1) is 21.6. The lowest BCUT2D eigenvalue weighted by atomic mass is 10.0. The van der Waals surface area contributed by atoms with Gasteiger partial charge in [-0.3, -0.25) is 20.2 Å². The van der Waals surface area contributed by atoms with E-state index in [-0.39, 0.29) is 22.5 Å². The largest absolute Gasteiger partial charge is 0.283 e. The molecule has 6 nitrogen and oxygen atoms in total. The maximum absolute atomic E-state index is 11.5. The fraction of sp³-hybridized carbons (Fsp3) is 0. The summed E-state index contributed by atoms with van der Waals surface area (Å²) in [5, 5.41) is 23.1. The number of nitro benzene ring substituents is 2. The van der Waals surface area contributed by atoms with E-state index in [1.807, 2.05) is 48.5 Å². The molecule has 150 valence electrons. The lowest BCUT2D eigenvalue weighted by Gasteiger charge is -2.04. The Balaban J connectivity index is 2.11. The van der Waals surface area contributed by atoms with E-state index in [4.69, 9.17) is 0 Å². The molecule has 30 heavy (non-hydrogen) atoms. The monoisotopic (exact) mass is 528 g/mol. The zero-order chi connectivity index (χ0) is 21.7. The molecule has 0 N–H and O–H groups in total. The molecular formula is C22H14Br2N2O4. The maximum Gasteiger partial charge on any atom is 0.283 e. The van der Waals surface area contributed by atoms with E-state index in [0.29, 0.717) is 0 Å². The van der Waals surface area contributed by atoms with Gasteiger partial charge < -0.3 is 0 Å². The van der Waals surface area contributed by atoms with Crippen LogP contribution in [-0.2, 0) is 0 Å². The van der Waals surface area contributed by atoms with Gasteiger partial charge >= 0.3 is 0 Å². The molecule has 0 unspecified atom stereocenters. The van der Waals surface area contributed by atoms with Crippen LogP contribution in [0.25, 0.3) is 24.3 Å². The van der Waals surface area contributed by atoms with Gasteiger partial charge in [0.25, 0.3) is 11.4 Å². The van der Waals surface area contributed by atoms with Gasteiger partial charge in [-0.15, -0.1) is 0 Å². The van der Waals surface area contributed by atoms with Crippen molar-refractivity contribution in [3.63, 3.8) is 0 Å². The van der Waals surface area contributed by atoms with E-state index in [0.717, 1.165) is 26.1 Å². The first-order valence-corrected chi connectivity index (χ1v) is 10.3. The van der Waals surface area contributed by atoms with Crippen LogP contribution in [0.2, 0.25) is 0 Å². The van der Waals surface area contributed by atoms with E-state index in [9.17, 15) is 20.2 Å². The topological polar surface area (TPSA) is 86.3 Å². The summed E-state index contributed by atoms with van der Waals surface area (Å²) in [6, 6.07) is 17.3. The van der Waals surface area contributed by atoms with Crippen LogP contribution in [0.4, 0.5) is 11.4 Å². The summed E-state index contributed by atoms with van der Waals surface area (Å²) in [5.74, 6) is 0. The van der Waals surface area contributed by atoms with Crippen molar-refractivity contribution in [1.29, 1.82) is 0 Å². The molecule has 8 heteroatoms. The Morgan fingerprint density at radius 2 is 0.967 bits per heavy atom. The minimum atomic E-state index is -0.617. The zero-order valence-corrected chi connectivity index (χ0v) is 18.5. The molecule has 0 saturated heterocycles. The Hall–Kier alpha value is -3.10. The minimum Gasteiger partial charge on any atom is -0.258 e. The number of hydrogen-bond donors (Lipinski definition) is 0. The van der Waals surface area contributed by atoms with Gasteiger partial charge in [-0.2, -0.15) is 0 Å². The molecule has 0 fully saturated rings. The second-order valence-electron chi connectivity index (χ2n) is 6.19. The Labute approximate surface area is 189 Å². The number of rotatable bonds is 6. The highest BCUT2D eigenvalue weighted by Gasteiger charge is 2.22. The molecule has 3 aromatic rings. The van der Waals surface area contributed by atoms with Crippen molar-refractivity contribution in [2.75, 3.05) is 0 Å². The molecule has 3 rings (SSSR count). The number of nitro groups is 2. The van der Waals surface area contributed by atoms with Gasteiger partial charge in [-0.25, -0.2) is 0 Å². The third-order valence-electron chi connectivity index (χ3n) is 4.26. The number of halogens is 2. The number of nitrogens with zero attached hydrogens (tertiary/aromatic N) is 2. The molecule has 0 aliphatic heterocycles. The lowest BCUT2D eigenvalue weighted by Crippen LogP contribution is -1.98. The average molecular weight is 530 g/mol. The molecule has 0 saturated carbocycles. The Morgan fingerprint density at radius 1 is 0.600 bits per heavy atom. The van der Waals surface area contributed by atoms with Crippen LogP contribution in [0.15, 0.2) is 69.6 Å². The molecule has 0 atom stereocenters. The molecular weight excluding hydrogens is 516 g/mol. The highest BCUT2D eigenvalue weighted by molar-refractivity contribution is 9.10. The normalized spacial score (nSPS) is 11.3. The maximum atomic E-state index is 11.5. The summed E-state index contributed by atoms with van der Waals surface area (Å²) in [6.45, 7) is 0. The van der Waals surface area contributed by atoms with Crippen LogP contribution in [0.1, 0.15) is 22.3 Å². The van der Waals surface area contributed by atoms with Crippen molar-refractivity contribution in [3.8, 4) is 0 Å². The second-order valence-corrected chi connectivity index (χ2v) is 7.90. The van der Waals surface area contributed by atoms with E-state index in [1.165, 1.54) is 6.07 Å². The van der Waals surface area contributed by atoms with Crippen molar-refractivity contribution in [2.45, 2.75) is 0 Å². The lowest BCUT2D eigenvalue weighted by molar-refractivity contribution is -0.394. The van der Waals surface area contributed by atoms with Crippen LogP contribution in [0, 0.1) is 20.2 Å². The molecule has 0 aromatic heterocycles. The summed E-state index contributed by atoms with van der Waals surface area (Å²) in [6.07, 6.45) is 6.61. The minimum absolute atomic E-state index is 0.271. The first-order valence-electron chi connectivity index (χ1n) is 8.69. The van der Waals surface area contributed by atoms with Crippen LogP contribution < -0.4 is 0 Å². The molecule has 0 heterocycles. The predicted molar refractivity (Wildman–Crippen MR) is 126 cm³/mol. The highest BCUT2D eigenvalue weighted by Crippen LogP contribution is 2.32. The van der Waals surface area contributed by atoms with Crippen LogP contribution in [0.5, 0.6) is 0 Å². The van der Waals surface area contributed by atoms with Crippen LogP contribution in [0.3, 0.4) is 0 Å². The SMILES string of the molecule is O=[N+]([O-])c1cc([N+](=O)[O-])c(/C=C/c2ccccc2Br)cc1/C=C\c1ccccc1Br. The zero-order valence-electron chi connectivity index (χ0n) is 15.4. The van der Waals surface area contributed by atoms with Crippen molar-refractivity contribution in [2.24, 2.45) is 0 Å². The molecule has 0 aliphatic carbocycles. The van der Waals surface area contributed by atoms with Gasteiger partial charge in [-0.1, -0.05) is 80.4 Å². The quantitative estimate of drug-likeness (QED) is 0.189. The van der Waals surface area contributed by atoms with Gasteiger partial charge in [0.1, 0.15) is 0 Å². The second kappa shape index (κ2) is 9.60. The van der Waals surface area contributed by atoms with Crippen molar-refractivity contribution >= 4 is 67.5 Å². The summed E-state index contributed by atoms with van der Waals surface area (Å²) >= 11 is 6.86. The van der Waals surface area contributed by atoms with E-state index in [1.54, 1.807) is 24.3 Å². The van der Waals surface area contributed by atoms with Crippen molar-refractivity contribution in [3.05, 3.63) is 112 Å². The summed E-state index contributed by atoms with van der Waals surface area (Å²) in [5.41, 5.74) is 1.54. The van der Waals surface area contributed by atoms with Gasteiger partial charge in [-0.05, 0) is 41.5 Å². The van der Waals surface area contributed by atoms with Crippen LogP contribution in [-0.4, -0.2) is 9.85 Å². The van der Waals surface area contributed by atoms with E-state index >= 15 is 0 Å². The molecule has 0 radical (unpaired) electrons. The molecule has 3 aromatic carbocycles. The van der Waals surface area contributed by atoms with Crippen LogP contribution >= 0.6 is 31.9 Å². The Bertz CT molecular complexity index is 1100. The first-order chi connectivity index (χ1) is 14.4. The van der Waals surface area contributed by atoms with Crippen molar-refractivity contribution < 1.29 is 9.85 Å².